The summed E-state index contributed by atoms with van der Waals surface area (Å²) in [4.78, 5) is 28.6. The molecule has 0 saturated carbocycles. The van der Waals surface area contributed by atoms with Crippen LogP contribution in [-0.4, -0.2) is 169 Å². The summed E-state index contributed by atoms with van der Waals surface area (Å²) >= 11 is 0. The van der Waals surface area contributed by atoms with E-state index in [2.05, 4.69) is 86.8 Å². The molecule has 0 aromatic heterocycles. The molecule has 68 heavy (non-hydrogen) atoms. The highest BCUT2D eigenvalue weighted by Crippen LogP contribution is 2.53. The summed E-state index contributed by atoms with van der Waals surface area (Å²) in [5, 5.41) is 148. The number of aliphatic hydroxyl groups excluding tert-OH is 9. The van der Waals surface area contributed by atoms with E-state index < -0.39 is 115 Å². The molecule has 0 amide bonds. The Kier molecular flexibility index (Phi) is 28.4. The quantitative estimate of drug-likeness (QED) is 0.0325. The van der Waals surface area contributed by atoms with Crippen molar-refractivity contribution in [2.45, 2.75) is 220 Å². The van der Waals surface area contributed by atoms with Gasteiger partial charge in [0.1, 0.15) is 48.8 Å². The van der Waals surface area contributed by atoms with E-state index in [1.54, 1.807) is 0 Å². The first-order chi connectivity index (χ1) is 32.4. The average molecular weight is 969 g/mol. The molecule has 2 rings (SSSR count). The van der Waals surface area contributed by atoms with Crippen LogP contribution in [0.4, 0.5) is 0 Å². The highest BCUT2D eigenvalue weighted by molar-refractivity contribution is 5.97. The zero-order valence-electron chi connectivity index (χ0n) is 40.1. The Bertz CT molecular complexity index is 1580. The van der Waals surface area contributed by atoms with Crippen LogP contribution < -0.4 is 0 Å². The molecule has 0 aliphatic carbocycles. The van der Waals surface area contributed by atoms with Crippen LogP contribution in [0.1, 0.15) is 142 Å². The maximum atomic E-state index is 14.6. The van der Waals surface area contributed by atoms with Gasteiger partial charge in [0.05, 0.1) is 13.2 Å². The van der Waals surface area contributed by atoms with Gasteiger partial charge < -0.3 is 75.9 Å². The van der Waals surface area contributed by atoms with Gasteiger partial charge in [0.15, 0.2) is 23.3 Å². The van der Waals surface area contributed by atoms with E-state index in [0.717, 1.165) is 70.6 Å². The summed E-state index contributed by atoms with van der Waals surface area (Å²) in [7, 11) is 0. The van der Waals surface area contributed by atoms with Gasteiger partial charge in [-0.3, -0.25) is 9.59 Å². The first kappa shape index (κ1) is 61.3. The van der Waals surface area contributed by atoms with Gasteiger partial charge in [-0.15, -0.1) is 0 Å². The van der Waals surface area contributed by atoms with Crippen molar-refractivity contribution in [3.63, 3.8) is 0 Å². The van der Waals surface area contributed by atoms with Crippen molar-refractivity contribution in [2.24, 2.45) is 0 Å². The summed E-state index contributed by atoms with van der Waals surface area (Å²) in [6, 6.07) is 0. The van der Waals surface area contributed by atoms with Gasteiger partial charge in [-0.2, -0.15) is 0 Å². The fraction of sp³-hybridized carbons (Fsp3) is 0.725. The van der Waals surface area contributed by atoms with E-state index in [1.807, 2.05) is 0 Å². The second-order valence-electron chi connectivity index (χ2n) is 17.9. The van der Waals surface area contributed by atoms with Gasteiger partial charge >= 0.3 is 0 Å². The minimum absolute atomic E-state index is 0.0794. The van der Waals surface area contributed by atoms with Crippen molar-refractivity contribution in [3.8, 4) is 0 Å². The third-order valence-corrected chi connectivity index (χ3v) is 12.8. The monoisotopic (exact) mass is 969 g/mol. The number of allylic oxidation sites excluding steroid dienone is 12. The van der Waals surface area contributed by atoms with Crippen LogP contribution in [0.3, 0.4) is 0 Å². The number of carbonyl (C=O) groups excluding carboxylic acids is 2. The fourth-order valence-corrected chi connectivity index (χ4v) is 8.64. The summed E-state index contributed by atoms with van der Waals surface area (Å²) in [5.41, 5.74) is -8.98. The van der Waals surface area contributed by atoms with E-state index in [0.29, 0.717) is 32.1 Å². The zero-order valence-corrected chi connectivity index (χ0v) is 40.1. The van der Waals surface area contributed by atoms with Crippen LogP contribution in [0.2, 0.25) is 0 Å². The van der Waals surface area contributed by atoms with Crippen LogP contribution >= 0.6 is 0 Å². The van der Waals surface area contributed by atoms with E-state index in [1.165, 1.54) is 0 Å². The fourth-order valence-electron chi connectivity index (χ4n) is 8.64. The molecule has 0 bridgehead atoms. The van der Waals surface area contributed by atoms with Crippen LogP contribution in [0.15, 0.2) is 72.9 Å². The molecule has 390 valence electrons. The van der Waals surface area contributed by atoms with Gasteiger partial charge in [0.2, 0.25) is 17.2 Å². The molecule has 2 heterocycles. The Morgan fingerprint density at radius 3 is 1.24 bits per heavy atom. The molecule has 0 radical (unpaired) electrons. The lowest BCUT2D eigenvalue weighted by atomic mass is 9.59. The van der Waals surface area contributed by atoms with Crippen molar-refractivity contribution < 1.29 is 85.4 Å². The number of Topliss-reactive ketones (excluding diaryl/α,β-unsaturated/α-hetero) is 2. The molecule has 0 aromatic carbocycles. The first-order valence-corrected chi connectivity index (χ1v) is 24.6. The van der Waals surface area contributed by atoms with Crippen molar-refractivity contribution >= 4 is 11.6 Å². The Morgan fingerprint density at radius 1 is 0.515 bits per heavy atom. The smallest absolute Gasteiger partial charge is 0.234 e. The number of aliphatic hydroxyl groups is 13. The molecule has 2 aliphatic heterocycles. The van der Waals surface area contributed by atoms with E-state index in [-0.39, 0.29) is 12.8 Å². The Hall–Kier alpha value is -2.82. The molecular formula is C51H84O17. The number of hydrogen-bond donors (Lipinski definition) is 13. The molecule has 0 aromatic rings. The molecule has 2 saturated heterocycles. The van der Waals surface area contributed by atoms with Gasteiger partial charge in [-0.05, 0) is 77.0 Å². The normalized spacial score (nSPS) is 29.9. The summed E-state index contributed by atoms with van der Waals surface area (Å²) < 4.78 is 10.6. The second-order valence-corrected chi connectivity index (χ2v) is 17.9. The minimum atomic E-state index is -4.69. The molecule has 12 atom stereocenters. The zero-order chi connectivity index (χ0) is 50.8. The molecule has 2 aliphatic rings. The number of rotatable bonds is 34. The highest BCUT2D eigenvalue weighted by atomic mass is 16.7. The predicted molar refractivity (Wildman–Crippen MR) is 254 cm³/mol. The predicted octanol–water partition coefficient (Wildman–Crippen LogP) is 2.45. The molecular weight excluding hydrogens is 885 g/mol. The largest absolute Gasteiger partial charge is 0.394 e. The third-order valence-electron chi connectivity index (χ3n) is 12.8. The molecule has 0 spiro atoms. The number of hydrogen-bond acceptors (Lipinski definition) is 17. The van der Waals surface area contributed by atoms with Crippen molar-refractivity contribution in [3.05, 3.63) is 72.9 Å². The molecule has 17 heteroatoms. The van der Waals surface area contributed by atoms with Gasteiger partial charge in [0, 0.05) is 12.8 Å². The number of ether oxygens (including phenoxy) is 2. The maximum Gasteiger partial charge on any atom is 0.234 e. The lowest BCUT2D eigenvalue weighted by Gasteiger charge is -2.63. The molecule has 17 nitrogen and oxygen atoms in total. The number of unbranched alkanes of at least 4 members (excludes halogenated alkanes) is 10. The van der Waals surface area contributed by atoms with Gasteiger partial charge in [0.25, 0.3) is 0 Å². The SMILES string of the molecule is CC/C=C/C/C=C/C/C=C/CCCCCCCC(=O)C(O)C(O)(C(=O)CCCCCCC/C=C/C/C=C/C/C=C/CC)C(O)([C@@]1(O)O[C@H](CO)[C@H](O)[C@H](O)[C@H]1O)[C@@]1(O)O[C@H](CO)[C@H](O)[C@H](O)[C@H]1O. The lowest BCUT2D eigenvalue weighted by Crippen LogP contribution is -2.92. The Labute approximate surface area is 402 Å². The van der Waals surface area contributed by atoms with Crippen LogP contribution in [0.5, 0.6) is 0 Å². The minimum Gasteiger partial charge on any atom is -0.394 e. The van der Waals surface area contributed by atoms with Crippen LogP contribution in [0, 0.1) is 0 Å². The molecule has 13 N–H and O–H groups in total. The van der Waals surface area contributed by atoms with E-state index in [9.17, 15) is 76.0 Å². The lowest BCUT2D eigenvalue weighted by molar-refractivity contribution is -0.502. The van der Waals surface area contributed by atoms with Crippen LogP contribution in [-0.2, 0) is 19.1 Å². The molecule has 2 fully saturated rings. The average Bonchev–Trinajstić information content (AvgIpc) is 3.33. The topological polar surface area (TPSA) is 316 Å². The standard InChI is InChI=1S/C51H84O17/c1-3-5-7-9-11-13-15-17-19-21-23-25-27-29-31-33-37(54)45(60)48(63,40(55)34-32-30-28-26-24-22-20-18-16-14-12-10-8-6-4-2)51(66,49(64)46(61)43(58)41(56)38(35-52)67-49)50(65)47(62)44(59)42(57)39(36-53)68-50/h5-8,11-14,17-20,38-39,41-47,52-53,56-66H,3-4,9-10,15-16,21-36H2,1-2H3/b7-5+,8-6+,13-11+,14-12+,19-17+,20-18+/t38-,39-,41+,42+,43+,44+,45?,46-,47-,48?,49+,50+/m1/s1. The van der Waals surface area contributed by atoms with E-state index in [4.69, 9.17) is 9.47 Å². The van der Waals surface area contributed by atoms with Crippen molar-refractivity contribution in [1.82, 2.24) is 0 Å². The summed E-state index contributed by atoms with van der Waals surface area (Å²) in [6.45, 7) is 1.55. The van der Waals surface area contributed by atoms with E-state index >= 15 is 0 Å². The maximum absolute atomic E-state index is 14.6. The Balaban J connectivity index is 2.40. The van der Waals surface area contributed by atoms with Gasteiger partial charge in [-0.25, -0.2) is 0 Å². The van der Waals surface area contributed by atoms with Crippen molar-refractivity contribution in [2.75, 3.05) is 13.2 Å². The number of carbonyl (C=O) groups is 2. The highest BCUT2D eigenvalue weighted by Gasteiger charge is 2.85. The Morgan fingerprint density at radius 2 is 0.853 bits per heavy atom. The van der Waals surface area contributed by atoms with Crippen LogP contribution in [0.25, 0.3) is 0 Å². The van der Waals surface area contributed by atoms with Gasteiger partial charge in [-0.1, -0.05) is 125 Å². The van der Waals surface area contributed by atoms with Crippen molar-refractivity contribution in [1.29, 1.82) is 0 Å². The summed E-state index contributed by atoms with van der Waals surface area (Å²) in [6.07, 6.45) is 12.1. The number of ketones is 2. The summed E-state index contributed by atoms with van der Waals surface area (Å²) in [5.74, 6) is -11.6. The third kappa shape index (κ3) is 15.8. The first-order valence-electron chi connectivity index (χ1n) is 24.6. The molecule has 2 unspecified atom stereocenters. The second kappa shape index (κ2) is 31.5.